The van der Waals surface area contributed by atoms with Crippen molar-refractivity contribution in [3.63, 3.8) is 0 Å². The molecular formula is C11H30N4Ta. The zero-order chi connectivity index (χ0) is 13.1. The summed E-state index contributed by atoms with van der Waals surface area (Å²) in [5.41, 5.74) is 0.192. The third kappa shape index (κ3) is 3.53. The first-order valence-electron chi connectivity index (χ1n) is 5.82. The third-order valence-corrected chi connectivity index (χ3v) is 18.3. The number of nitrogens with zero attached hydrogens (tertiary/aromatic N) is 3. The standard InChI is InChI=1S/C5H12N.3C2H6N.Ta/c1-4-5(2,3)6;3*1-3-2;/h6H,4H2,1-3H3;3*1-2H3;/q4*-1;+4. The maximum atomic E-state index is 3.95. The SMILES string of the molecule is CCC(C)(C)[NH][Ta]([N](C)C)([N](C)C)[N](C)C. The van der Waals surface area contributed by atoms with Gasteiger partial charge in [-0.25, -0.2) is 0 Å². The minimum atomic E-state index is -2.85. The second-order valence-corrected chi connectivity index (χ2v) is 19.0. The van der Waals surface area contributed by atoms with E-state index in [2.05, 4.69) is 76.7 Å². The number of nitrogens with one attached hydrogen (secondary N) is 1. The summed E-state index contributed by atoms with van der Waals surface area (Å²) in [6.45, 7) is 6.82. The zero-order valence-corrected chi connectivity index (χ0v) is 15.7. The average molecular weight is 399 g/mol. The molecule has 0 spiro atoms. The van der Waals surface area contributed by atoms with E-state index in [0.717, 1.165) is 6.42 Å². The van der Waals surface area contributed by atoms with Gasteiger partial charge in [0.1, 0.15) is 0 Å². The van der Waals surface area contributed by atoms with Gasteiger partial charge >= 0.3 is 107 Å². The Hall–Kier alpha value is 0.580. The van der Waals surface area contributed by atoms with Crippen molar-refractivity contribution in [3.05, 3.63) is 0 Å². The molecule has 0 aromatic carbocycles. The zero-order valence-electron chi connectivity index (χ0n) is 12.5. The van der Waals surface area contributed by atoms with Crippen LogP contribution in [0.15, 0.2) is 0 Å². The van der Waals surface area contributed by atoms with Crippen molar-refractivity contribution in [3.8, 4) is 0 Å². The summed E-state index contributed by atoms with van der Waals surface area (Å²) >= 11 is -2.85. The van der Waals surface area contributed by atoms with Gasteiger partial charge in [0.2, 0.25) is 0 Å². The Morgan fingerprint density at radius 3 is 1.38 bits per heavy atom. The molecule has 0 saturated heterocycles. The Kier molecular flexibility index (Phi) is 6.17. The van der Waals surface area contributed by atoms with Crippen molar-refractivity contribution in [2.75, 3.05) is 42.3 Å². The topological polar surface area (TPSA) is 21.8 Å². The molecule has 0 radical (unpaired) electrons. The van der Waals surface area contributed by atoms with Crippen LogP contribution >= 0.6 is 0 Å². The summed E-state index contributed by atoms with van der Waals surface area (Å²) in [6.07, 6.45) is 1.14. The summed E-state index contributed by atoms with van der Waals surface area (Å²) in [6, 6.07) is 0. The Morgan fingerprint density at radius 2 is 1.19 bits per heavy atom. The first-order chi connectivity index (χ1) is 7.10. The van der Waals surface area contributed by atoms with Gasteiger partial charge in [-0.05, 0) is 0 Å². The van der Waals surface area contributed by atoms with Gasteiger partial charge in [0.05, 0.1) is 0 Å². The van der Waals surface area contributed by atoms with Gasteiger partial charge in [-0.2, -0.15) is 0 Å². The Balaban J connectivity index is 5.21. The molecule has 0 aliphatic rings. The van der Waals surface area contributed by atoms with E-state index < -0.39 is 18.2 Å². The van der Waals surface area contributed by atoms with Gasteiger partial charge in [-0.3, -0.25) is 0 Å². The molecule has 0 bridgehead atoms. The third-order valence-electron chi connectivity index (χ3n) is 3.01. The Morgan fingerprint density at radius 1 is 0.875 bits per heavy atom. The second kappa shape index (κ2) is 5.96. The van der Waals surface area contributed by atoms with Gasteiger partial charge in [0.25, 0.3) is 0 Å². The van der Waals surface area contributed by atoms with E-state index in [0.29, 0.717) is 0 Å². The molecule has 0 atom stereocenters. The van der Waals surface area contributed by atoms with Crippen LogP contribution in [0.4, 0.5) is 0 Å². The predicted octanol–water partition coefficient (Wildman–Crippen LogP) is 1.26. The quantitative estimate of drug-likeness (QED) is 0.726. The minimum absolute atomic E-state index is 0.192. The van der Waals surface area contributed by atoms with Crippen LogP contribution in [0.5, 0.6) is 0 Å². The van der Waals surface area contributed by atoms with E-state index in [-0.39, 0.29) is 5.54 Å². The molecule has 0 saturated carbocycles. The van der Waals surface area contributed by atoms with E-state index >= 15 is 0 Å². The molecule has 5 heteroatoms. The van der Waals surface area contributed by atoms with Crippen LogP contribution in [-0.2, 0) is 18.2 Å². The second-order valence-electron chi connectivity index (χ2n) is 5.46. The fraction of sp³-hybridized carbons (Fsp3) is 1.00. The van der Waals surface area contributed by atoms with Crippen molar-refractivity contribution in [1.82, 2.24) is 13.6 Å². The Bertz CT molecular complexity index is 192. The van der Waals surface area contributed by atoms with E-state index in [1.807, 2.05) is 0 Å². The van der Waals surface area contributed by atoms with Gasteiger partial charge in [-0.1, -0.05) is 0 Å². The van der Waals surface area contributed by atoms with Crippen molar-refractivity contribution in [2.24, 2.45) is 0 Å². The molecule has 0 amide bonds. The molecule has 0 aliphatic carbocycles. The van der Waals surface area contributed by atoms with Gasteiger partial charge in [0, 0.05) is 0 Å². The molecule has 99 valence electrons. The molecule has 4 nitrogen and oxygen atoms in total. The van der Waals surface area contributed by atoms with Crippen molar-refractivity contribution in [1.29, 1.82) is 0 Å². The summed E-state index contributed by atoms with van der Waals surface area (Å²) in [5, 5.41) is 0. The van der Waals surface area contributed by atoms with E-state index in [9.17, 15) is 0 Å². The van der Waals surface area contributed by atoms with Crippen LogP contribution in [0.2, 0.25) is 0 Å². The maximum absolute atomic E-state index is 3.95. The summed E-state index contributed by atoms with van der Waals surface area (Å²) < 4.78 is 11.2. The van der Waals surface area contributed by atoms with Crippen molar-refractivity contribution < 1.29 is 18.2 Å². The molecule has 0 aromatic rings. The normalized spacial score (nSPS) is 14.2. The van der Waals surface area contributed by atoms with E-state index in [1.54, 1.807) is 0 Å². The summed E-state index contributed by atoms with van der Waals surface area (Å²) in [4.78, 5) is 0. The summed E-state index contributed by atoms with van der Waals surface area (Å²) in [5.74, 6) is 0. The molecule has 1 N–H and O–H groups in total. The Labute approximate surface area is 107 Å². The van der Waals surface area contributed by atoms with Crippen LogP contribution in [0, 0.1) is 0 Å². The van der Waals surface area contributed by atoms with Gasteiger partial charge < -0.3 is 0 Å². The van der Waals surface area contributed by atoms with Crippen LogP contribution in [-0.4, -0.2) is 57.7 Å². The van der Waals surface area contributed by atoms with Crippen LogP contribution in [0.25, 0.3) is 0 Å². The molecule has 0 rings (SSSR count). The van der Waals surface area contributed by atoms with Crippen LogP contribution in [0.3, 0.4) is 0 Å². The number of hydrogen-bond donors (Lipinski definition) is 1. The fourth-order valence-corrected chi connectivity index (χ4v) is 15.2. The number of rotatable bonds is 6. The predicted molar refractivity (Wildman–Crippen MR) is 68.6 cm³/mol. The molecule has 0 fully saturated rings. The molecule has 16 heavy (non-hydrogen) atoms. The fourth-order valence-electron chi connectivity index (χ4n) is 1.86. The van der Waals surface area contributed by atoms with Gasteiger partial charge in [0.15, 0.2) is 0 Å². The summed E-state index contributed by atoms with van der Waals surface area (Å²) in [7, 11) is 13.1. The number of hydrogen-bond acceptors (Lipinski definition) is 4. The van der Waals surface area contributed by atoms with Crippen molar-refractivity contribution >= 4 is 0 Å². The molecule has 0 unspecified atom stereocenters. The first-order valence-corrected chi connectivity index (χ1v) is 11.7. The molecule has 0 heterocycles. The molecule has 0 aromatic heterocycles. The van der Waals surface area contributed by atoms with E-state index in [4.69, 9.17) is 0 Å². The average Bonchev–Trinajstić information content (AvgIpc) is 2.12. The van der Waals surface area contributed by atoms with Crippen LogP contribution in [0.1, 0.15) is 27.2 Å². The first kappa shape index (κ1) is 16.6. The molecule has 0 aliphatic heterocycles. The molecular weight excluding hydrogens is 369 g/mol. The van der Waals surface area contributed by atoms with Gasteiger partial charge in [-0.15, -0.1) is 0 Å². The van der Waals surface area contributed by atoms with Crippen molar-refractivity contribution in [2.45, 2.75) is 32.7 Å². The van der Waals surface area contributed by atoms with E-state index in [1.165, 1.54) is 0 Å². The monoisotopic (exact) mass is 399 g/mol. The van der Waals surface area contributed by atoms with Crippen LogP contribution < -0.4 is 3.72 Å².